The van der Waals surface area contributed by atoms with Gasteiger partial charge in [0.2, 0.25) is 11.9 Å². The maximum atomic E-state index is 12.4. The van der Waals surface area contributed by atoms with Crippen LogP contribution in [0.2, 0.25) is 0 Å². The molecule has 2 heterocycles. The average Bonchev–Trinajstić information content (AvgIpc) is 3.03. The van der Waals surface area contributed by atoms with Gasteiger partial charge in [0.05, 0.1) is 18.3 Å². The third-order valence-electron chi connectivity index (χ3n) is 3.59. The Kier molecular flexibility index (Phi) is 6.01. The van der Waals surface area contributed by atoms with E-state index in [1.165, 1.54) is 23.3 Å². The Balaban J connectivity index is 1.96. The van der Waals surface area contributed by atoms with Crippen LogP contribution in [0.25, 0.3) is 0 Å². The second-order valence-electron chi connectivity index (χ2n) is 5.37. The van der Waals surface area contributed by atoms with Crippen LogP contribution in [-0.2, 0) is 16.1 Å². The van der Waals surface area contributed by atoms with Crippen LogP contribution in [0.5, 0.6) is 0 Å². The van der Waals surface area contributed by atoms with E-state index in [1.807, 2.05) is 0 Å². The molecule has 25 heavy (non-hydrogen) atoms. The van der Waals surface area contributed by atoms with Gasteiger partial charge in [-0.15, -0.1) is 11.3 Å². The second-order valence-corrected chi connectivity index (χ2v) is 6.31. The van der Waals surface area contributed by atoms with Crippen molar-refractivity contribution < 1.29 is 14.4 Å². The average molecular weight is 368 g/mol. The summed E-state index contributed by atoms with van der Waals surface area (Å²) < 4.78 is 0. The van der Waals surface area contributed by atoms with Crippen LogP contribution in [0, 0.1) is 0 Å². The summed E-state index contributed by atoms with van der Waals surface area (Å²) in [6.45, 7) is 0.320. The van der Waals surface area contributed by atoms with Crippen molar-refractivity contribution in [3.05, 3.63) is 16.1 Å². The van der Waals surface area contributed by atoms with Crippen LogP contribution in [-0.4, -0.2) is 53.3 Å². The fourth-order valence-electron chi connectivity index (χ4n) is 2.19. The number of aromatic nitrogens is 1. The van der Waals surface area contributed by atoms with E-state index in [-0.39, 0.29) is 24.8 Å². The quantitative estimate of drug-likeness (QED) is 0.399. The number of thiazole rings is 1. The Bertz CT molecular complexity index is 703. The monoisotopic (exact) mass is 368 g/mol. The Morgan fingerprint density at radius 1 is 1.56 bits per heavy atom. The summed E-state index contributed by atoms with van der Waals surface area (Å²) in [4.78, 5) is 44.8. The van der Waals surface area contributed by atoms with Crippen LogP contribution in [0.1, 0.15) is 23.2 Å². The van der Waals surface area contributed by atoms with Crippen molar-refractivity contribution in [2.45, 2.75) is 25.0 Å². The molecule has 4 amide bonds. The number of hydrogen-bond acceptors (Lipinski definition) is 8. The van der Waals surface area contributed by atoms with E-state index < -0.39 is 24.0 Å². The Morgan fingerprint density at radius 2 is 2.28 bits per heavy atom. The van der Waals surface area contributed by atoms with Crippen molar-refractivity contribution in [2.24, 2.45) is 22.2 Å². The van der Waals surface area contributed by atoms with E-state index in [0.717, 1.165) is 5.01 Å². The highest BCUT2D eigenvalue weighted by molar-refractivity contribution is 7.09. The van der Waals surface area contributed by atoms with Gasteiger partial charge < -0.3 is 22.1 Å². The van der Waals surface area contributed by atoms with Gasteiger partial charge in [-0.3, -0.25) is 20.2 Å². The number of guanidine groups is 1. The minimum atomic E-state index is -0.840. The molecule has 0 spiro atoms. The number of carbonyl (C=O) groups excluding carboxylic acids is 3. The summed E-state index contributed by atoms with van der Waals surface area (Å²) in [6, 6.07) is -2.23. The number of amides is 4. The van der Waals surface area contributed by atoms with Gasteiger partial charge >= 0.3 is 6.03 Å². The molecule has 1 aromatic heterocycles. The lowest BCUT2D eigenvalue weighted by Crippen LogP contribution is -2.58. The summed E-state index contributed by atoms with van der Waals surface area (Å²) in [5, 5.41) is 7.06. The second kappa shape index (κ2) is 8.00. The molecule has 0 saturated carbocycles. The fraction of sp³-hybridized carbons (Fsp3) is 0.462. The maximum Gasteiger partial charge on any atom is 0.318 e. The van der Waals surface area contributed by atoms with Crippen LogP contribution in [0.15, 0.2) is 10.4 Å². The number of rotatable bonds is 5. The normalized spacial score (nSPS) is 18.1. The highest BCUT2D eigenvalue weighted by atomic mass is 32.1. The predicted molar refractivity (Wildman–Crippen MR) is 91.3 cm³/mol. The van der Waals surface area contributed by atoms with Gasteiger partial charge in [-0.2, -0.15) is 0 Å². The molecule has 8 N–H and O–H groups in total. The van der Waals surface area contributed by atoms with Crippen molar-refractivity contribution in [2.75, 3.05) is 13.6 Å². The highest BCUT2D eigenvalue weighted by Gasteiger charge is 2.31. The molecule has 2 atom stereocenters. The van der Waals surface area contributed by atoms with Gasteiger partial charge in [0.25, 0.3) is 5.91 Å². The van der Waals surface area contributed by atoms with Crippen LogP contribution >= 0.6 is 11.3 Å². The molecule has 1 aliphatic rings. The molecule has 0 fully saturated rings. The number of nitrogens with one attached hydrogen (secondary N) is 2. The molecule has 0 bridgehead atoms. The number of urea groups is 1. The van der Waals surface area contributed by atoms with E-state index in [4.69, 9.17) is 17.2 Å². The molecule has 0 aromatic carbocycles. The van der Waals surface area contributed by atoms with Gasteiger partial charge in [-0.05, 0) is 0 Å². The number of carbonyl (C=O) groups is 3. The molecule has 0 saturated heterocycles. The number of nitrogens with zero attached hydrogens (tertiary/aromatic N) is 3. The summed E-state index contributed by atoms with van der Waals surface area (Å²) in [7, 11) is 1.49. The number of primary amides is 1. The molecule has 136 valence electrons. The van der Waals surface area contributed by atoms with E-state index >= 15 is 0 Å². The molecule has 12 heteroatoms. The van der Waals surface area contributed by atoms with Crippen LogP contribution < -0.4 is 27.8 Å². The number of hydrogen-bond donors (Lipinski definition) is 5. The standard InChI is InChI=1S/C13H20N8O3S/c1-21(8-4-17-13(19-11(8)23)20-12(16)24)10(22)2-6(15)7-5-25-9(3-14)18-7/h5-6,8H,2-4,14-15H2,1H3,(H4,16,17,19,20,23,24)/t6-,8?/m0/s1. The van der Waals surface area contributed by atoms with Gasteiger partial charge in [-0.1, -0.05) is 0 Å². The lowest BCUT2D eigenvalue weighted by atomic mass is 10.1. The lowest BCUT2D eigenvalue weighted by Gasteiger charge is -2.29. The molecule has 0 radical (unpaired) electrons. The Hall–Kier alpha value is -2.57. The summed E-state index contributed by atoms with van der Waals surface area (Å²) >= 11 is 1.38. The number of aliphatic imine (C=N–C) groups is 1. The van der Waals surface area contributed by atoms with E-state index in [2.05, 4.69) is 20.6 Å². The van der Waals surface area contributed by atoms with Crippen LogP contribution in [0.3, 0.4) is 0 Å². The smallest absolute Gasteiger partial charge is 0.318 e. The minimum absolute atomic E-state index is 0.00689. The van der Waals surface area contributed by atoms with Gasteiger partial charge in [0.15, 0.2) is 0 Å². The molecule has 2 rings (SSSR count). The summed E-state index contributed by atoms with van der Waals surface area (Å²) in [5.74, 6) is -0.832. The molecular formula is C13H20N8O3S. The first kappa shape index (κ1) is 18.8. The third-order valence-corrected chi connectivity index (χ3v) is 4.48. The van der Waals surface area contributed by atoms with Gasteiger partial charge in [0, 0.05) is 25.4 Å². The van der Waals surface area contributed by atoms with E-state index in [0.29, 0.717) is 12.2 Å². The first-order valence-corrected chi connectivity index (χ1v) is 8.27. The molecule has 11 nitrogen and oxygen atoms in total. The van der Waals surface area contributed by atoms with E-state index in [9.17, 15) is 14.4 Å². The molecule has 1 aliphatic heterocycles. The molecule has 1 unspecified atom stereocenters. The number of likely N-dealkylation sites (N-methyl/N-ethyl adjacent to an activating group) is 1. The zero-order chi connectivity index (χ0) is 18.6. The van der Waals surface area contributed by atoms with Crippen molar-refractivity contribution in [1.82, 2.24) is 20.5 Å². The Morgan fingerprint density at radius 3 is 2.84 bits per heavy atom. The molecule has 1 aromatic rings. The summed E-state index contributed by atoms with van der Waals surface area (Å²) in [5.41, 5.74) is 17.1. The zero-order valence-corrected chi connectivity index (χ0v) is 14.4. The van der Waals surface area contributed by atoms with Gasteiger partial charge in [-0.25, -0.2) is 14.8 Å². The largest absolute Gasteiger partial charge is 0.351 e. The SMILES string of the molecule is CN(C(=O)C[C@H](N)c1csc(CN)n1)C1CN=C(NC(N)=O)NC1=O. The van der Waals surface area contributed by atoms with Crippen molar-refractivity contribution in [3.8, 4) is 0 Å². The van der Waals surface area contributed by atoms with Crippen molar-refractivity contribution in [1.29, 1.82) is 0 Å². The highest BCUT2D eigenvalue weighted by Crippen LogP contribution is 2.18. The number of nitrogens with two attached hydrogens (primary N) is 3. The molecule has 0 aliphatic carbocycles. The van der Waals surface area contributed by atoms with Crippen molar-refractivity contribution in [3.63, 3.8) is 0 Å². The van der Waals surface area contributed by atoms with Crippen LogP contribution in [0.4, 0.5) is 4.79 Å². The fourth-order valence-corrected chi connectivity index (χ4v) is 2.92. The third kappa shape index (κ3) is 4.71. The van der Waals surface area contributed by atoms with Crippen molar-refractivity contribution >= 4 is 35.1 Å². The van der Waals surface area contributed by atoms with E-state index in [1.54, 1.807) is 5.38 Å². The Labute approximate surface area is 147 Å². The maximum absolute atomic E-state index is 12.4. The topological polar surface area (TPSA) is 182 Å². The summed E-state index contributed by atoms with van der Waals surface area (Å²) in [6.07, 6.45) is -0.00979. The predicted octanol–water partition coefficient (Wildman–Crippen LogP) is -2.03. The lowest BCUT2D eigenvalue weighted by molar-refractivity contribution is -0.138. The first-order chi connectivity index (χ1) is 11.8. The molecular weight excluding hydrogens is 348 g/mol. The minimum Gasteiger partial charge on any atom is -0.351 e. The zero-order valence-electron chi connectivity index (χ0n) is 13.6. The first-order valence-electron chi connectivity index (χ1n) is 7.39. The van der Waals surface area contributed by atoms with Gasteiger partial charge in [0.1, 0.15) is 11.0 Å².